The molecule has 1 N–H and O–H groups in total. The van der Waals surface area contributed by atoms with E-state index in [0.717, 1.165) is 18.6 Å². The molecule has 0 radical (unpaired) electrons. The third kappa shape index (κ3) is 3.88. The topological polar surface area (TPSA) is 51.5 Å². The molecule has 4 nitrogen and oxygen atoms in total. The summed E-state index contributed by atoms with van der Waals surface area (Å²) in [5.41, 5.74) is 0.606. The van der Waals surface area contributed by atoms with Crippen LogP contribution in [0.25, 0.3) is 0 Å². The van der Waals surface area contributed by atoms with Gasteiger partial charge in [-0.1, -0.05) is 6.07 Å². The molecule has 0 fully saturated rings. The first-order valence-electron chi connectivity index (χ1n) is 6.66. The number of rotatable bonds is 6. The molecule has 0 saturated heterocycles. The lowest BCUT2D eigenvalue weighted by molar-refractivity contribution is 0.0937. The second kappa shape index (κ2) is 6.80. The smallest absolute Gasteiger partial charge is 0.251 e. The van der Waals surface area contributed by atoms with E-state index in [2.05, 4.69) is 5.32 Å². The lowest BCUT2D eigenvalue weighted by Crippen LogP contribution is -2.32. The number of ether oxygens (including phenoxy) is 1. The number of hydrogen-bond acceptors (Lipinski definition) is 3. The Morgan fingerprint density at radius 3 is 2.90 bits per heavy atom. The van der Waals surface area contributed by atoms with E-state index in [4.69, 9.17) is 9.15 Å². The van der Waals surface area contributed by atoms with Gasteiger partial charge in [0.1, 0.15) is 11.5 Å². The van der Waals surface area contributed by atoms with Gasteiger partial charge in [-0.25, -0.2) is 0 Å². The van der Waals surface area contributed by atoms with Crippen molar-refractivity contribution < 1.29 is 13.9 Å². The molecule has 1 heterocycles. The minimum atomic E-state index is -0.0872. The highest BCUT2D eigenvalue weighted by atomic mass is 16.5. The van der Waals surface area contributed by atoms with E-state index in [1.165, 1.54) is 0 Å². The maximum atomic E-state index is 12.1. The molecule has 20 heavy (non-hydrogen) atoms. The van der Waals surface area contributed by atoms with E-state index < -0.39 is 0 Å². The average Bonchev–Trinajstić information content (AvgIpc) is 2.98. The first-order chi connectivity index (χ1) is 9.69. The first kappa shape index (κ1) is 14.2. The number of benzene rings is 1. The van der Waals surface area contributed by atoms with Crippen LogP contribution in [0.4, 0.5) is 0 Å². The number of furan rings is 1. The monoisotopic (exact) mass is 273 g/mol. The maximum Gasteiger partial charge on any atom is 0.251 e. The highest BCUT2D eigenvalue weighted by molar-refractivity contribution is 5.94. The summed E-state index contributed by atoms with van der Waals surface area (Å²) in [6.45, 7) is 1.99. The Bertz CT molecular complexity index is 549. The van der Waals surface area contributed by atoms with Crippen LogP contribution in [0.2, 0.25) is 0 Å². The van der Waals surface area contributed by atoms with Gasteiger partial charge in [-0.2, -0.15) is 0 Å². The summed E-state index contributed by atoms with van der Waals surface area (Å²) in [6, 6.07) is 11.0. The molecule has 0 aliphatic carbocycles. The standard InChI is InChI=1S/C16H19NO3/c1-12(8-9-14-7-4-10-20-14)17-16(18)13-5-3-6-15(11-13)19-2/h3-7,10-12H,8-9H2,1-2H3,(H,17,18). The second-order valence-corrected chi connectivity index (χ2v) is 4.72. The highest BCUT2D eigenvalue weighted by Gasteiger charge is 2.11. The van der Waals surface area contributed by atoms with Gasteiger partial charge in [-0.3, -0.25) is 4.79 Å². The van der Waals surface area contributed by atoms with E-state index in [1.807, 2.05) is 25.1 Å². The summed E-state index contributed by atoms with van der Waals surface area (Å²) in [5.74, 6) is 1.53. The predicted molar refractivity (Wildman–Crippen MR) is 77.0 cm³/mol. The third-order valence-corrected chi connectivity index (χ3v) is 3.11. The molecule has 1 atom stereocenters. The Balaban J connectivity index is 1.86. The van der Waals surface area contributed by atoms with Crippen LogP contribution in [0.15, 0.2) is 47.1 Å². The molecular weight excluding hydrogens is 254 g/mol. The fourth-order valence-electron chi connectivity index (χ4n) is 1.96. The SMILES string of the molecule is COc1cccc(C(=O)NC(C)CCc2ccco2)c1. The molecule has 0 aliphatic rings. The van der Waals surface area contributed by atoms with Crippen molar-refractivity contribution in [3.63, 3.8) is 0 Å². The largest absolute Gasteiger partial charge is 0.497 e. The van der Waals surface area contributed by atoms with Gasteiger partial charge in [0.05, 0.1) is 13.4 Å². The minimum Gasteiger partial charge on any atom is -0.497 e. The number of hydrogen-bond donors (Lipinski definition) is 1. The van der Waals surface area contributed by atoms with Crippen LogP contribution < -0.4 is 10.1 Å². The van der Waals surface area contributed by atoms with Crippen LogP contribution in [0.3, 0.4) is 0 Å². The predicted octanol–water partition coefficient (Wildman–Crippen LogP) is 3.04. The summed E-state index contributed by atoms with van der Waals surface area (Å²) in [5, 5.41) is 2.97. The Morgan fingerprint density at radius 1 is 1.35 bits per heavy atom. The molecule has 1 amide bonds. The zero-order chi connectivity index (χ0) is 14.4. The van der Waals surface area contributed by atoms with E-state index in [-0.39, 0.29) is 11.9 Å². The summed E-state index contributed by atoms with van der Waals surface area (Å²) in [6.07, 6.45) is 3.31. The van der Waals surface area contributed by atoms with E-state index in [0.29, 0.717) is 11.3 Å². The van der Waals surface area contributed by atoms with E-state index in [9.17, 15) is 4.79 Å². The summed E-state index contributed by atoms with van der Waals surface area (Å²) >= 11 is 0. The lowest BCUT2D eigenvalue weighted by atomic mass is 10.1. The Hall–Kier alpha value is -2.23. The molecule has 0 aliphatic heterocycles. The van der Waals surface area contributed by atoms with Crippen LogP contribution in [0, 0.1) is 0 Å². The van der Waals surface area contributed by atoms with Gasteiger partial charge in [0.2, 0.25) is 0 Å². The van der Waals surface area contributed by atoms with Gasteiger partial charge < -0.3 is 14.5 Å². The number of amides is 1. The van der Waals surface area contributed by atoms with Crippen molar-refractivity contribution in [2.75, 3.05) is 7.11 Å². The van der Waals surface area contributed by atoms with Crippen molar-refractivity contribution in [2.45, 2.75) is 25.8 Å². The Labute approximate surface area is 118 Å². The molecule has 0 spiro atoms. The molecule has 1 aromatic carbocycles. The quantitative estimate of drug-likeness (QED) is 0.880. The summed E-state index contributed by atoms with van der Waals surface area (Å²) < 4.78 is 10.4. The van der Waals surface area contributed by atoms with Gasteiger partial charge >= 0.3 is 0 Å². The maximum absolute atomic E-state index is 12.1. The van der Waals surface area contributed by atoms with Gasteiger partial charge in [0, 0.05) is 18.0 Å². The molecule has 2 rings (SSSR count). The molecule has 1 unspecified atom stereocenters. The number of nitrogens with one attached hydrogen (secondary N) is 1. The fraction of sp³-hybridized carbons (Fsp3) is 0.312. The van der Waals surface area contributed by atoms with Crippen molar-refractivity contribution >= 4 is 5.91 Å². The van der Waals surface area contributed by atoms with Gasteiger partial charge in [0.25, 0.3) is 5.91 Å². The zero-order valence-corrected chi connectivity index (χ0v) is 11.8. The van der Waals surface area contributed by atoms with Crippen molar-refractivity contribution in [2.24, 2.45) is 0 Å². The summed E-state index contributed by atoms with van der Waals surface area (Å²) in [7, 11) is 1.59. The Morgan fingerprint density at radius 2 is 2.20 bits per heavy atom. The van der Waals surface area contributed by atoms with E-state index >= 15 is 0 Å². The second-order valence-electron chi connectivity index (χ2n) is 4.72. The first-order valence-corrected chi connectivity index (χ1v) is 6.66. The minimum absolute atomic E-state index is 0.0822. The highest BCUT2D eigenvalue weighted by Crippen LogP contribution is 2.13. The van der Waals surface area contributed by atoms with Crippen molar-refractivity contribution in [1.29, 1.82) is 0 Å². The number of methoxy groups -OCH3 is 1. The van der Waals surface area contributed by atoms with Crippen LogP contribution in [0.1, 0.15) is 29.5 Å². The van der Waals surface area contributed by atoms with Crippen molar-refractivity contribution in [3.8, 4) is 5.75 Å². The number of aryl methyl sites for hydroxylation is 1. The van der Waals surface area contributed by atoms with Gasteiger partial charge in [-0.15, -0.1) is 0 Å². The average molecular weight is 273 g/mol. The molecule has 0 bridgehead atoms. The zero-order valence-electron chi connectivity index (χ0n) is 11.8. The van der Waals surface area contributed by atoms with E-state index in [1.54, 1.807) is 31.6 Å². The van der Waals surface area contributed by atoms with Gasteiger partial charge in [0.15, 0.2) is 0 Å². The Kier molecular flexibility index (Phi) is 4.82. The number of carbonyl (C=O) groups is 1. The van der Waals surface area contributed by atoms with Crippen LogP contribution in [-0.2, 0) is 6.42 Å². The lowest BCUT2D eigenvalue weighted by Gasteiger charge is -2.13. The third-order valence-electron chi connectivity index (χ3n) is 3.11. The molecular formula is C16H19NO3. The molecule has 4 heteroatoms. The van der Waals surface area contributed by atoms with Crippen molar-refractivity contribution in [3.05, 3.63) is 54.0 Å². The molecule has 0 saturated carbocycles. The van der Waals surface area contributed by atoms with Crippen LogP contribution >= 0.6 is 0 Å². The number of carbonyl (C=O) groups excluding carboxylic acids is 1. The molecule has 2 aromatic rings. The van der Waals surface area contributed by atoms with Gasteiger partial charge in [-0.05, 0) is 43.7 Å². The normalized spacial score (nSPS) is 11.9. The molecule has 106 valence electrons. The van der Waals surface area contributed by atoms with Crippen molar-refractivity contribution in [1.82, 2.24) is 5.32 Å². The van der Waals surface area contributed by atoms with Crippen LogP contribution in [-0.4, -0.2) is 19.1 Å². The molecule has 1 aromatic heterocycles. The summed E-state index contributed by atoms with van der Waals surface area (Å²) in [4.78, 5) is 12.1. The van der Waals surface area contributed by atoms with Crippen LogP contribution in [0.5, 0.6) is 5.75 Å². The fourth-order valence-corrected chi connectivity index (χ4v) is 1.96.